The maximum Gasteiger partial charge on any atom is 0.318 e. The number of thiazole rings is 1. The third-order valence-electron chi connectivity index (χ3n) is 2.67. The second kappa shape index (κ2) is 6.64. The predicted molar refractivity (Wildman–Crippen MR) is 86.8 cm³/mol. The normalized spacial score (nSPS) is 12.6. The fourth-order valence-electron chi connectivity index (χ4n) is 1.72. The van der Waals surface area contributed by atoms with Crippen LogP contribution in [0.1, 0.15) is 13.8 Å². The van der Waals surface area contributed by atoms with Crippen LogP contribution < -0.4 is 11.1 Å². The van der Waals surface area contributed by atoms with Crippen LogP contribution in [0.25, 0.3) is 10.2 Å². The summed E-state index contributed by atoms with van der Waals surface area (Å²) in [7, 11) is 0. The third kappa shape index (κ3) is 4.09. The Morgan fingerprint density at radius 1 is 1.43 bits per heavy atom. The van der Waals surface area contributed by atoms with Crippen LogP contribution in [0.2, 0.25) is 5.02 Å². The van der Waals surface area contributed by atoms with E-state index >= 15 is 0 Å². The summed E-state index contributed by atoms with van der Waals surface area (Å²) in [6.07, 6.45) is 0. The Morgan fingerprint density at radius 2 is 2.14 bits per heavy atom. The first-order valence-electron chi connectivity index (χ1n) is 6.20. The average Bonchev–Trinajstić information content (AvgIpc) is 2.76. The standard InChI is InChI=1S/C13H14ClN3O2S2/c1-6(2)10(11(18)17-12(15)19)21-13-16-8-5-7(14)3-4-9(8)20-13/h3-6,10H,1-2H3,(H3,15,17,18,19)/t10-/m0/s1. The Balaban J connectivity index is 2.22. The number of halogens is 1. The molecule has 1 heterocycles. The van der Waals surface area contributed by atoms with Gasteiger partial charge in [0.2, 0.25) is 5.91 Å². The van der Waals surface area contributed by atoms with Crippen molar-refractivity contribution in [2.24, 2.45) is 11.7 Å². The molecule has 0 spiro atoms. The number of thioether (sulfide) groups is 1. The number of hydrogen-bond acceptors (Lipinski definition) is 5. The number of hydrogen-bond donors (Lipinski definition) is 2. The summed E-state index contributed by atoms with van der Waals surface area (Å²) in [6.45, 7) is 3.81. The Bertz CT molecular complexity index is 687. The fourth-order valence-corrected chi connectivity index (χ4v) is 4.15. The van der Waals surface area contributed by atoms with E-state index in [1.54, 1.807) is 12.1 Å². The van der Waals surface area contributed by atoms with Crippen LogP contribution in [0.15, 0.2) is 22.5 Å². The molecule has 0 aliphatic heterocycles. The van der Waals surface area contributed by atoms with Crippen molar-refractivity contribution in [2.75, 3.05) is 0 Å². The molecule has 3 N–H and O–H groups in total. The largest absolute Gasteiger partial charge is 0.351 e. The van der Waals surface area contributed by atoms with E-state index in [2.05, 4.69) is 10.3 Å². The fraction of sp³-hybridized carbons (Fsp3) is 0.308. The molecule has 5 nitrogen and oxygen atoms in total. The lowest BCUT2D eigenvalue weighted by Gasteiger charge is -2.17. The predicted octanol–water partition coefficient (Wildman–Crippen LogP) is 3.26. The Labute approximate surface area is 135 Å². The zero-order valence-electron chi connectivity index (χ0n) is 11.4. The van der Waals surface area contributed by atoms with Crippen molar-refractivity contribution in [2.45, 2.75) is 23.4 Å². The van der Waals surface area contributed by atoms with E-state index < -0.39 is 17.2 Å². The molecule has 2 aromatic rings. The quantitative estimate of drug-likeness (QED) is 0.834. The lowest BCUT2D eigenvalue weighted by atomic mass is 10.1. The van der Waals surface area contributed by atoms with Crippen LogP contribution in [-0.4, -0.2) is 22.2 Å². The molecule has 0 radical (unpaired) electrons. The molecule has 21 heavy (non-hydrogen) atoms. The van der Waals surface area contributed by atoms with E-state index in [1.807, 2.05) is 19.9 Å². The monoisotopic (exact) mass is 343 g/mol. The van der Waals surface area contributed by atoms with Crippen molar-refractivity contribution in [1.82, 2.24) is 10.3 Å². The summed E-state index contributed by atoms with van der Waals surface area (Å²) in [4.78, 5) is 27.3. The van der Waals surface area contributed by atoms with Gasteiger partial charge in [-0.25, -0.2) is 9.78 Å². The number of fused-ring (bicyclic) bond motifs is 1. The minimum atomic E-state index is -0.845. The van der Waals surface area contributed by atoms with Gasteiger partial charge in [-0.15, -0.1) is 11.3 Å². The van der Waals surface area contributed by atoms with Gasteiger partial charge in [0.05, 0.1) is 15.5 Å². The Kier molecular flexibility index (Phi) is 5.08. The molecule has 112 valence electrons. The molecule has 3 amide bonds. The highest BCUT2D eigenvalue weighted by molar-refractivity contribution is 8.02. The van der Waals surface area contributed by atoms with Gasteiger partial charge in [-0.1, -0.05) is 37.2 Å². The van der Waals surface area contributed by atoms with E-state index in [9.17, 15) is 9.59 Å². The lowest BCUT2D eigenvalue weighted by molar-refractivity contribution is -0.120. The zero-order valence-corrected chi connectivity index (χ0v) is 13.8. The lowest BCUT2D eigenvalue weighted by Crippen LogP contribution is -2.42. The van der Waals surface area contributed by atoms with Gasteiger partial charge in [-0.2, -0.15) is 0 Å². The summed E-state index contributed by atoms with van der Waals surface area (Å²) < 4.78 is 1.75. The molecular formula is C13H14ClN3O2S2. The number of carbonyl (C=O) groups is 2. The smallest absolute Gasteiger partial charge is 0.318 e. The van der Waals surface area contributed by atoms with Crippen molar-refractivity contribution < 1.29 is 9.59 Å². The highest BCUT2D eigenvalue weighted by Gasteiger charge is 2.26. The molecule has 0 saturated carbocycles. The van der Waals surface area contributed by atoms with Gasteiger partial charge in [-0.3, -0.25) is 10.1 Å². The number of imide groups is 1. The molecule has 2 rings (SSSR count). The number of amides is 3. The maximum absolute atomic E-state index is 12.0. The number of urea groups is 1. The molecule has 0 saturated heterocycles. The highest BCUT2D eigenvalue weighted by atomic mass is 35.5. The SMILES string of the molecule is CC(C)[C@H](Sc1nc2cc(Cl)ccc2s1)C(=O)NC(N)=O. The van der Waals surface area contributed by atoms with Gasteiger partial charge in [-0.05, 0) is 24.1 Å². The van der Waals surface area contributed by atoms with E-state index in [4.69, 9.17) is 17.3 Å². The number of nitrogens with two attached hydrogens (primary N) is 1. The molecule has 8 heteroatoms. The van der Waals surface area contributed by atoms with Gasteiger partial charge in [0.15, 0.2) is 4.34 Å². The van der Waals surface area contributed by atoms with Crippen LogP contribution in [0, 0.1) is 5.92 Å². The first-order chi connectivity index (χ1) is 9.86. The van der Waals surface area contributed by atoms with E-state index in [0.717, 1.165) is 14.6 Å². The Hall–Kier alpha value is -1.31. The van der Waals surface area contributed by atoms with Gasteiger partial charge >= 0.3 is 6.03 Å². The minimum Gasteiger partial charge on any atom is -0.351 e. The van der Waals surface area contributed by atoms with Crippen molar-refractivity contribution >= 4 is 56.9 Å². The summed E-state index contributed by atoms with van der Waals surface area (Å²) >= 11 is 8.74. The van der Waals surface area contributed by atoms with Crippen LogP contribution in [0.5, 0.6) is 0 Å². The number of nitrogens with one attached hydrogen (secondary N) is 1. The molecule has 1 atom stereocenters. The highest BCUT2D eigenvalue weighted by Crippen LogP contribution is 2.35. The zero-order chi connectivity index (χ0) is 15.6. The van der Waals surface area contributed by atoms with Crippen LogP contribution in [-0.2, 0) is 4.79 Å². The van der Waals surface area contributed by atoms with Crippen LogP contribution in [0.4, 0.5) is 4.79 Å². The maximum atomic E-state index is 12.0. The van der Waals surface area contributed by atoms with Gasteiger partial charge in [0, 0.05) is 5.02 Å². The summed E-state index contributed by atoms with van der Waals surface area (Å²) in [5.74, 6) is -0.371. The van der Waals surface area contributed by atoms with Crippen molar-refractivity contribution in [3.63, 3.8) is 0 Å². The average molecular weight is 344 g/mol. The number of nitrogens with zero attached hydrogens (tertiary/aromatic N) is 1. The molecule has 0 bridgehead atoms. The number of aromatic nitrogens is 1. The number of primary amides is 1. The van der Waals surface area contributed by atoms with E-state index in [-0.39, 0.29) is 5.92 Å². The number of benzene rings is 1. The summed E-state index contributed by atoms with van der Waals surface area (Å²) in [5.41, 5.74) is 5.79. The molecule has 1 aromatic carbocycles. The van der Waals surface area contributed by atoms with Gasteiger partial charge in [0.1, 0.15) is 0 Å². The van der Waals surface area contributed by atoms with E-state index in [0.29, 0.717) is 5.02 Å². The summed E-state index contributed by atoms with van der Waals surface area (Å²) in [5, 5.41) is 2.31. The van der Waals surface area contributed by atoms with Crippen molar-refractivity contribution in [3.8, 4) is 0 Å². The Morgan fingerprint density at radius 3 is 2.76 bits per heavy atom. The molecule has 0 aliphatic carbocycles. The first kappa shape index (κ1) is 16.1. The van der Waals surface area contributed by atoms with E-state index in [1.165, 1.54) is 23.1 Å². The second-order valence-electron chi connectivity index (χ2n) is 4.73. The molecule has 0 aliphatic rings. The topological polar surface area (TPSA) is 85.1 Å². The van der Waals surface area contributed by atoms with Crippen molar-refractivity contribution in [1.29, 1.82) is 0 Å². The molecular weight excluding hydrogens is 330 g/mol. The first-order valence-corrected chi connectivity index (χ1v) is 8.27. The van der Waals surface area contributed by atoms with Crippen molar-refractivity contribution in [3.05, 3.63) is 23.2 Å². The van der Waals surface area contributed by atoms with Crippen LogP contribution >= 0.6 is 34.7 Å². The second-order valence-corrected chi connectivity index (χ2v) is 7.58. The molecule has 1 aromatic heterocycles. The van der Waals surface area contributed by atoms with Gasteiger partial charge in [0.25, 0.3) is 0 Å². The molecule has 0 unspecified atom stereocenters. The van der Waals surface area contributed by atoms with Gasteiger partial charge < -0.3 is 5.73 Å². The molecule has 0 fully saturated rings. The number of carbonyl (C=O) groups excluding carboxylic acids is 2. The van der Waals surface area contributed by atoms with Crippen LogP contribution in [0.3, 0.4) is 0 Å². The summed E-state index contributed by atoms with van der Waals surface area (Å²) in [6, 6.07) is 4.64. The number of rotatable bonds is 4. The minimum absolute atomic E-state index is 0.0324. The third-order valence-corrected chi connectivity index (χ3v) is 5.58.